The summed E-state index contributed by atoms with van der Waals surface area (Å²) in [7, 11) is 0. The van der Waals surface area contributed by atoms with Crippen LogP contribution in [0.25, 0.3) is 11.0 Å². The van der Waals surface area contributed by atoms with E-state index in [4.69, 9.17) is 4.42 Å². The zero-order chi connectivity index (χ0) is 16.0. The molecule has 3 aromatic rings. The fourth-order valence-electron chi connectivity index (χ4n) is 3.22. The van der Waals surface area contributed by atoms with Crippen LogP contribution in [0.5, 0.6) is 0 Å². The molecule has 4 rings (SSSR count). The number of benzene rings is 2. The van der Waals surface area contributed by atoms with Gasteiger partial charge in [-0.25, -0.2) is 4.79 Å². The second kappa shape index (κ2) is 5.09. The van der Waals surface area contributed by atoms with Gasteiger partial charge in [0.25, 0.3) is 5.91 Å². The molecule has 1 amide bonds. The van der Waals surface area contributed by atoms with Gasteiger partial charge in [-0.05, 0) is 37.1 Å². The first-order chi connectivity index (χ1) is 11.1. The molecule has 0 unspecified atom stereocenters. The number of fused-ring (bicyclic) bond motifs is 2. The van der Waals surface area contributed by atoms with Gasteiger partial charge in [-0.1, -0.05) is 36.4 Å². The van der Waals surface area contributed by atoms with E-state index >= 15 is 0 Å². The molecular weight excluding hydrogens is 290 g/mol. The van der Waals surface area contributed by atoms with Gasteiger partial charge in [0, 0.05) is 17.1 Å². The highest BCUT2D eigenvalue weighted by Gasteiger charge is 2.32. The monoisotopic (exact) mass is 305 g/mol. The molecular formula is C19H15NO3. The number of para-hydroxylation sites is 2. The molecule has 2 aromatic carbocycles. The van der Waals surface area contributed by atoms with Crippen LogP contribution in [0.4, 0.5) is 5.69 Å². The predicted octanol–water partition coefficient (Wildman–Crippen LogP) is 3.38. The van der Waals surface area contributed by atoms with E-state index < -0.39 is 5.63 Å². The highest BCUT2D eigenvalue weighted by molar-refractivity contribution is 6.08. The predicted molar refractivity (Wildman–Crippen MR) is 88.9 cm³/mol. The van der Waals surface area contributed by atoms with Crippen LogP contribution in [-0.4, -0.2) is 11.9 Å². The molecule has 4 heteroatoms. The number of amides is 1. The molecule has 0 saturated heterocycles. The summed E-state index contributed by atoms with van der Waals surface area (Å²) in [6.07, 6.45) is 0.792. The van der Waals surface area contributed by atoms with Crippen molar-refractivity contribution in [3.05, 3.63) is 76.1 Å². The third-order valence-electron chi connectivity index (χ3n) is 4.30. The van der Waals surface area contributed by atoms with E-state index in [-0.39, 0.29) is 17.5 Å². The van der Waals surface area contributed by atoms with E-state index in [1.807, 2.05) is 43.3 Å². The van der Waals surface area contributed by atoms with E-state index in [0.29, 0.717) is 5.58 Å². The maximum Gasteiger partial charge on any atom is 0.349 e. The number of carbonyl (C=O) groups excluding carboxylic acids is 1. The Morgan fingerprint density at radius 1 is 1.13 bits per heavy atom. The van der Waals surface area contributed by atoms with Gasteiger partial charge in [-0.2, -0.15) is 0 Å². The largest absolute Gasteiger partial charge is 0.422 e. The van der Waals surface area contributed by atoms with Crippen molar-refractivity contribution in [3.8, 4) is 0 Å². The van der Waals surface area contributed by atoms with E-state index in [9.17, 15) is 9.59 Å². The van der Waals surface area contributed by atoms with Gasteiger partial charge in [0.05, 0.1) is 0 Å². The Labute approximate surface area is 133 Å². The topological polar surface area (TPSA) is 50.5 Å². The fraction of sp³-hybridized carbons (Fsp3) is 0.158. The Morgan fingerprint density at radius 3 is 2.74 bits per heavy atom. The van der Waals surface area contributed by atoms with Crippen molar-refractivity contribution in [3.63, 3.8) is 0 Å². The van der Waals surface area contributed by atoms with Crippen LogP contribution in [-0.2, 0) is 6.42 Å². The SMILES string of the molecule is C[C@H]1Cc2ccccc2N1C(=O)c1cc2ccccc2oc1=O. The van der Waals surface area contributed by atoms with Crippen LogP contribution in [0, 0.1) is 0 Å². The quantitative estimate of drug-likeness (QED) is 0.648. The number of anilines is 1. The molecule has 4 nitrogen and oxygen atoms in total. The van der Waals surface area contributed by atoms with Crippen molar-refractivity contribution in [1.29, 1.82) is 0 Å². The summed E-state index contributed by atoms with van der Waals surface area (Å²) < 4.78 is 5.29. The van der Waals surface area contributed by atoms with E-state index in [2.05, 4.69) is 0 Å². The lowest BCUT2D eigenvalue weighted by Gasteiger charge is -2.22. The first-order valence-electron chi connectivity index (χ1n) is 7.59. The van der Waals surface area contributed by atoms with Gasteiger partial charge in [0.15, 0.2) is 0 Å². The average Bonchev–Trinajstić information content (AvgIpc) is 2.89. The van der Waals surface area contributed by atoms with Crippen LogP contribution in [0.3, 0.4) is 0 Å². The van der Waals surface area contributed by atoms with E-state index in [1.165, 1.54) is 0 Å². The van der Waals surface area contributed by atoms with Crippen LogP contribution < -0.4 is 10.5 Å². The molecule has 1 aromatic heterocycles. The first-order valence-corrected chi connectivity index (χ1v) is 7.59. The minimum Gasteiger partial charge on any atom is -0.422 e. The van der Waals surface area contributed by atoms with Crippen LogP contribution in [0.1, 0.15) is 22.8 Å². The number of carbonyl (C=O) groups is 1. The summed E-state index contributed by atoms with van der Waals surface area (Å²) in [5, 5.41) is 0.746. The second-order valence-electron chi connectivity index (χ2n) is 5.84. The zero-order valence-electron chi connectivity index (χ0n) is 12.7. The smallest absolute Gasteiger partial charge is 0.349 e. The third kappa shape index (κ3) is 2.14. The molecule has 0 bridgehead atoms. The lowest BCUT2D eigenvalue weighted by molar-refractivity contribution is 0.0978. The standard InChI is InChI=1S/C19H15NO3/c1-12-10-13-6-2-4-8-16(13)20(12)18(21)15-11-14-7-3-5-9-17(14)23-19(15)22/h2-9,11-12H,10H2,1H3/t12-/m0/s1. The summed E-state index contributed by atoms with van der Waals surface area (Å²) in [4.78, 5) is 26.9. The highest BCUT2D eigenvalue weighted by Crippen LogP contribution is 2.32. The molecule has 2 heterocycles. The van der Waals surface area contributed by atoms with Crippen LogP contribution in [0.2, 0.25) is 0 Å². The minimum atomic E-state index is -0.592. The van der Waals surface area contributed by atoms with Gasteiger partial charge in [0.2, 0.25) is 0 Å². The summed E-state index contributed by atoms with van der Waals surface area (Å²) >= 11 is 0. The maximum absolute atomic E-state index is 13.0. The molecule has 1 aliphatic heterocycles. The first kappa shape index (κ1) is 13.8. The number of hydrogen-bond donors (Lipinski definition) is 0. The molecule has 0 fully saturated rings. The maximum atomic E-state index is 13.0. The molecule has 0 N–H and O–H groups in total. The summed E-state index contributed by atoms with van der Waals surface area (Å²) in [6.45, 7) is 1.99. The molecule has 23 heavy (non-hydrogen) atoms. The minimum absolute atomic E-state index is 0.0192. The Balaban J connectivity index is 1.84. The summed E-state index contributed by atoms with van der Waals surface area (Å²) in [6, 6.07) is 16.6. The van der Waals surface area contributed by atoms with Gasteiger partial charge in [-0.15, -0.1) is 0 Å². The molecule has 0 radical (unpaired) electrons. The third-order valence-corrected chi connectivity index (χ3v) is 4.30. The molecule has 0 saturated carbocycles. The lowest BCUT2D eigenvalue weighted by atomic mass is 10.1. The van der Waals surface area contributed by atoms with E-state index in [1.54, 1.807) is 23.1 Å². The van der Waals surface area contributed by atoms with Crippen molar-refractivity contribution in [1.82, 2.24) is 0 Å². The zero-order valence-corrected chi connectivity index (χ0v) is 12.7. The van der Waals surface area contributed by atoms with Crippen molar-refractivity contribution < 1.29 is 9.21 Å². The Bertz CT molecular complexity index is 974. The summed E-state index contributed by atoms with van der Waals surface area (Å²) in [5.74, 6) is -0.304. The average molecular weight is 305 g/mol. The fourth-order valence-corrected chi connectivity index (χ4v) is 3.22. The molecule has 1 aliphatic rings. The second-order valence-corrected chi connectivity index (χ2v) is 5.84. The van der Waals surface area contributed by atoms with Crippen molar-refractivity contribution >= 4 is 22.6 Å². The Morgan fingerprint density at radius 2 is 1.87 bits per heavy atom. The molecule has 114 valence electrons. The lowest BCUT2D eigenvalue weighted by Crippen LogP contribution is -2.38. The molecule has 1 atom stereocenters. The van der Waals surface area contributed by atoms with Gasteiger partial charge >= 0.3 is 5.63 Å². The molecule has 0 spiro atoms. The Kier molecular flexibility index (Phi) is 3.05. The van der Waals surface area contributed by atoms with Gasteiger partial charge in [0.1, 0.15) is 11.1 Å². The van der Waals surface area contributed by atoms with Crippen molar-refractivity contribution in [2.24, 2.45) is 0 Å². The van der Waals surface area contributed by atoms with E-state index in [0.717, 1.165) is 23.1 Å². The number of hydrogen-bond acceptors (Lipinski definition) is 3. The van der Waals surface area contributed by atoms with Crippen LogP contribution >= 0.6 is 0 Å². The molecule has 0 aliphatic carbocycles. The highest BCUT2D eigenvalue weighted by atomic mass is 16.4. The van der Waals surface area contributed by atoms with Gasteiger partial charge in [-0.3, -0.25) is 4.79 Å². The van der Waals surface area contributed by atoms with Crippen molar-refractivity contribution in [2.45, 2.75) is 19.4 Å². The Hall–Kier alpha value is -2.88. The summed E-state index contributed by atoms with van der Waals surface area (Å²) in [5.41, 5.74) is 1.97. The number of nitrogens with zero attached hydrogens (tertiary/aromatic N) is 1. The normalized spacial score (nSPS) is 16.6. The van der Waals surface area contributed by atoms with Crippen LogP contribution in [0.15, 0.2) is 63.8 Å². The van der Waals surface area contributed by atoms with Gasteiger partial charge < -0.3 is 9.32 Å². The number of rotatable bonds is 1. The van der Waals surface area contributed by atoms with Crippen molar-refractivity contribution in [2.75, 3.05) is 4.90 Å².